The topological polar surface area (TPSA) is 17.1 Å². The quantitative estimate of drug-likeness (QED) is 0.570. The van der Waals surface area contributed by atoms with Crippen LogP contribution >= 0.6 is 0 Å². The van der Waals surface area contributed by atoms with Crippen LogP contribution < -0.4 is 0 Å². The van der Waals surface area contributed by atoms with Crippen molar-refractivity contribution in [2.24, 2.45) is 0 Å². The summed E-state index contributed by atoms with van der Waals surface area (Å²) in [5.41, 5.74) is 0. The Morgan fingerprint density at radius 3 is 2.39 bits per heavy atom. The Balaban J connectivity index is 2.12. The van der Waals surface area contributed by atoms with Gasteiger partial charge < -0.3 is 0 Å². The number of unbranched alkanes of at least 4 members (excludes halogenated alkanes) is 6. The number of benzene rings is 1. The highest BCUT2D eigenvalue weighted by Crippen LogP contribution is 2.09. The molecule has 0 saturated heterocycles. The molecule has 0 aliphatic carbocycles. The van der Waals surface area contributed by atoms with Gasteiger partial charge in [0.15, 0.2) is 0 Å². The SMILES string of the molecule is CCCCCCCC/C=C\S(=O)c1ccccc1. The maximum atomic E-state index is 11.8. The lowest BCUT2D eigenvalue weighted by Crippen LogP contribution is -1.85. The summed E-state index contributed by atoms with van der Waals surface area (Å²) in [4.78, 5) is 0.886. The molecule has 0 radical (unpaired) electrons. The van der Waals surface area contributed by atoms with Crippen molar-refractivity contribution in [2.45, 2.75) is 56.8 Å². The van der Waals surface area contributed by atoms with Crippen molar-refractivity contribution >= 4 is 10.8 Å². The molecular weight excluding hydrogens is 240 g/mol. The van der Waals surface area contributed by atoms with Crippen molar-refractivity contribution < 1.29 is 4.21 Å². The first-order valence-electron chi connectivity index (χ1n) is 6.97. The fourth-order valence-electron chi connectivity index (χ4n) is 1.83. The van der Waals surface area contributed by atoms with E-state index in [9.17, 15) is 4.21 Å². The van der Waals surface area contributed by atoms with Gasteiger partial charge in [0, 0.05) is 10.3 Å². The van der Waals surface area contributed by atoms with Gasteiger partial charge in [0.25, 0.3) is 0 Å². The Morgan fingerprint density at radius 1 is 1.00 bits per heavy atom. The second kappa shape index (κ2) is 10.1. The van der Waals surface area contributed by atoms with Crippen LogP contribution in [0.25, 0.3) is 0 Å². The van der Waals surface area contributed by atoms with Gasteiger partial charge in [-0.2, -0.15) is 0 Å². The minimum Gasteiger partial charge on any atom is -0.250 e. The van der Waals surface area contributed by atoms with Crippen molar-refractivity contribution in [3.63, 3.8) is 0 Å². The molecule has 0 N–H and O–H groups in total. The molecule has 18 heavy (non-hydrogen) atoms. The Kier molecular flexibility index (Phi) is 8.49. The number of rotatable bonds is 9. The highest BCUT2D eigenvalue weighted by molar-refractivity contribution is 7.88. The van der Waals surface area contributed by atoms with Crippen LogP contribution in [0.2, 0.25) is 0 Å². The van der Waals surface area contributed by atoms with E-state index >= 15 is 0 Å². The lowest BCUT2D eigenvalue weighted by atomic mass is 10.1. The summed E-state index contributed by atoms with van der Waals surface area (Å²) >= 11 is 0. The molecule has 0 aromatic heterocycles. The maximum absolute atomic E-state index is 11.8. The van der Waals surface area contributed by atoms with Crippen molar-refractivity contribution in [3.05, 3.63) is 41.8 Å². The largest absolute Gasteiger partial charge is 0.250 e. The first kappa shape index (κ1) is 15.2. The summed E-state index contributed by atoms with van der Waals surface area (Å²) < 4.78 is 11.8. The van der Waals surface area contributed by atoms with Crippen molar-refractivity contribution in [2.75, 3.05) is 0 Å². The second-order valence-electron chi connectivity index (χ2n) is 4.54. The van der Waals surface area contributed by atoms with Crippen molar-refractivity contribution in [1.29, 1.82) is 0 Å². The fourth-order valence-corrected chi connectivity index (χ4v) is 2.72. The molecule has 0 heterocycles. The van der Waals surface area contributed by atoms with Gasteiger partial charge in [-0.1, -0.05) is 63.3 Å². The predicted molar refractivity (Wildman–Crippen MR) is 80.0 cm³/mol. The summed E-state index contributed by atoms with van der Waals surface area (Å²) in [5.74, 6) is 0. The predicted octanol–water partition coefficient (Wildman–Crippen LogP) is 5.06. The highest BCUT2D eigenvalue weighted by Gasteiger charge is 1.96. The third-order valence-corrected chi connectivity index (χ3v) is 4.10. The fraction of sp³-hybridized carbons (Fsp3) is 0.500. The number of allylic oxidation sites excluding steroid dienone is 1. The van der Waals surface area contributed by atoms with Gasteiger partial charge in [0.2, 0.25) is 0 Å². The van der Waals surface area contributed by atoms with Crippen molar-refractivity contribution in [3.8, 4) is 0 Å². The molecule has 0 amide bonds. The van der Waals surface area contributed by atoms with E-state index < -0.39 is 10.8 Å². The lowest BCUT2D eigenvalue weighted by Gasteiger charge is -1.98. The molecule has 1 atom stereocenters. The van der Waals surface area contributed by atoms with E-state index in [0.29, 0.717) is 0 Å². The zero-order chi connectivity index (χ0) is 13.1. The highest BCUT2D eigenvalue weighted by atomic mass is 32.2. The summed E-state index contributed by atoms with van der Waals surface area (Å²) in [7, 11) is -0.974. The van der Waals surface area contributed by atoms with Gasteiger partial charge in [-0.15, -0.1) is 0 Å². The van der Waals surface area contributed by atoms with Crippen LogP contribution in [0.15, 0.2) is 46.7 Å². The van der Waals surface area contributed by atoms with Crippen LogP contribution in [0.3, 0.4) is 0 Å². The standard InChI is InChI=1S/C16H24OS/c1-2-3-4-5-6-7-8-12-15-18(17)16-13-10-9-11-14-16/h9-15H,2-8H2,1H3/b15-12-. The van der Waals surface area contributed by atoms with Crippen LogP contribution in [0.4, 0.5) is 0 Å². The normalized spacial score (nSPS) is 12.9. The Hall–Kier alpha value is -0.890. The number of hydrogen-bond donors (Lipinski definition) is 0. The average Bonchev–Trinajstić information content (AvgIpc) is 2.42. The van der Waals surface area contributed by atoms with Crippen molar-refractivity contribution in [1.82, 2.24) is 0 Å². The Labute approximate surface area is 114 Å². The van der Waals surface area contributed by atoms with Crippen LogP contribution in [0, 0.1) is 0 Å². The van der Waals surface area contributed by atoms with E-state index in [4.69, 9.17) is 0 Å². The molecule has 0 aliphatic heterocycles. The van der Waals surface area contributed by atoms with E-state index in [0.717, 1.165) is 11.3 Å². The van der Waals surface area contributed by atoms with E-state index in [-0.39, 0.29) is 0 Å². The first-order valence-corrected chi connectivity index (χ1v) is 8.18. The molecule has 1 aromatic rings. The first-order chi connectivity index (χ1) is 8.84. The Bertz CT molecular complexity index is 357. The maximum Gasteiger partial charge on any atom is 0.0772 e. The number of hydrogen-bond acceptors (Lipinski definition) is 1. The minimum absolute atomic E-state index is 0.886. The molecule has 0 aliphatic rings. The third-order valence-electron chi connectivity index (χ3n) is 2.92. The molecular formula is C16H24OS. The summed E-state index contributed by atoms with van der Waals surface area (Å²) in [6.07, 6.45) is 11.0. The van der Waals surface area contributed by atoms with Gasteiger partial charge in [-0.25, -0.2) is 4.21 Å². The average molecular weight is 264 g/mol. The molecule has 1 rings (SSSR count). The van der Waals surface area contributed by atoms with Gasteiger partial charge in [-0.3, -0.25) is 0 Å². The lowest BCUT2D eigenvalue weighted by molar-refractivity contribution is 0.611. The molecule has 1 aromatic carbocycles. The van der Waals surface area contributed by atoms with E-state index in [1.807, 2.05) is 35.7 Å². The molecule has 100 valence electrons. The van der Waals surface area contributed by atoms with E-state index in [2.05, 4.69) is 13.0 Å². The molecule has 0 bridgehead atoms. The monoisotopic (exact) mass is 264 g/mol. The minimum atomic E-state index is -0.974. The molecule has 0 spiro atoms. The van der Waals surface area contributed by atoms with Gasteiger partial charge >= 0.3 is 0 Å². The second-order valence-corrected chi connectivity index (χ2v) is 5.88. The molecule has 2 heteroatoms. The smallest absolute Gasteiger partial charge is 0.0772 e. The molecule has 1 nitrogen and oxygen atoms in total. The third kappa shape index (κ3) is 6.75. The molecule has 0 fully saturated rings. The zero-order valence-electron chi connectivity index (χ0n) is 11.3. The Morgan fingerprint density at radius 2 is 1.67 bits per heavy atom. The van der Waals surface area contributed by atoms with Crippen LogP contribution in [0.5, 0.6) is 0 Å². The van der Waals surface area contributed by atoms with Gasteiger partial charge in [-0.05, 0) is 25.0 Å². The van der Waals surface area contributed by atoms with Crippen LogP contribution in [0.1, 0.15) is 51.9 Å². The van der Waals surface area contributed by atoms with Gasteiger partial charge in [0.05, 0.1) is 10.8 Å². The van der Waals surface area contributed by atoms with E-state index in [1.54, 1.807) is 0 Å². The zero-order valence-corrected chi connectivity index (χ0v) is 12.1. The summed E-state index contributed by atoms with van der Waals surface area (Å²) in [6.45, 7) is 2.24. The van der Waals surface area contributed by atoms with Crippen LogP contribution in [-0.2, 0) is 10.8 Å². The van der Waals surface area contributed by atoms with Gasteiger partial charge in [0.1, 0.15) is 0 Å². The van der Waals surface area contributed by atoms with E-state index in [1.165, 1.54) is 38.5 Å². The molecule has 1 unspecified atom stereocenters. The summed E-state index contributed by atoms with van der Waals surface area (Å²) in [6, 6.07) is 9.61. The van der Waals surface area contributed by atoms with Crippen LogP contribution in [-0.4, -0.2) is 4.21 Å². The summed E-state index contributed by atoms with van der Waals surface area (Å²) in [5, 5.41) is 1.82. The molecule has 0 saturated carbocycles.